The molecule has 1 fully saturated rings. The van der Waals surface area contributed by atoms with Gasteiger partial charge in [-0.3, -0.25) is 9.59 Å². The van der Waals surface area contributed by atoms with Gasteiger partial charge in [-0.1, -0.05) is 12.8 Å². The highest BCUT2D eigenvalue weighted by Gasteiger charge is 2.28. The average Bonchev–Trinajstić information content (AvgIpc) is 3.39. The van der Waals surface area contributed by atoms with Gasteiger partial charge in [0.25, 0.3) is 0 Å². The summed E-state index contributed by atoms with van der Waals surface area (Å²) < 4.78 is 20.2. The topological polar surface area (TPSA) is 55.4 Å². The van der Waals surface area contributed by atoms with Crippen LogP contribution in [0.3, 0.4) is 0 Å². The van der Waals surface area contributed by atoms with Gasteiger partial charge in [0, 0.05) is 28.8 Å². The second-order valence-electron chi connectivity index (χ2n) is 7.76. The van der Waals surface area contributed by atoms with E-state index >= 15 is 0 Å². The third-order valence-corrected chi connectivity index (χ3v) is 6.78. The zero-order chi connectivity index (χ0) is 19.7. The summed E-state index contributed by atoms with van der Waals surface area (Å²) >= 11 is 1.34. The minimum Gasteiger partial charge on any atom is -0.487 e. The Labute approximate surface area is 168 Å². The summed E-state index contributed by atoms with van der Waals surface area (Å²) in [4.78, 5) is 25.2. The number of nitrogens with one attached hydrogen (secondary N) is 1. The number of thiophene rings is 1. The Morgan fingerprint density at radius 2 is 2.04 bits per heavy atom. The first-order chi connectivity index (χ1) is 13.5. The molecule has 6 heteroatoms. The fourth-order valence-electron chi connectivity index (χ4n) is 4.14. The molecule has 1 N–H and O–H groups in total. The maximum Gasteiger partial charge on any atom is 0.220 e. The summed E-state index contributed by atoms with van der Waals surface area (Å²) in [6, 6.07) is 6.54. The molecule has 1 aromatic heterocycles. The zero-order valence-corrected chi connectivity index (χ0v) is 16.7. The molecule has 0 bridgehead atoms. The molecule has 4 rings (SSSR count). The molecule has 1 atom stereocenters. The van der Waals surface area contributed by atoms with Crippen LogP contribution in [-0.2, 0) is 11.2 Å². The summed E-state index contributed by atoms with van der Waals surface area (Å²) in [5.41, 5.74) is 1.48. The van der Waals surface area contributed by atoms with Gasteiger partial charge in [-0.25, -0.2) is 4.39 Å². The first kappa shape index (κ1) is 19.1. The van der Waals surface area contributed by atoms with Gasteiger partial charge >= 0.3 is 0 Å². The highest BCUT2D eigenvalue weighted by atomic mass is 32.1. The Kier molecular flexibility index (Phi) is 5.49. The SMILES string of the molecule is CC(=O)c1ccc(-c2cc(F)cc3c2OC(CNC(=O)CC2CCCC2)C3)s1. The molecule has 0 spiro atoms. The fraction of sp³-hybridized carbons (Fsp3) is 0.455. The molecule has 1 aromatic carbocycles. The number of hydrogen-bond acceptors (Lipinski definition) is 4. The summed E-state index contributed by atoms with van der Waals surface area (Å²) in [6.07, 6.45) is 5.69. The number of hydrogen-bond donors (Lipinski definition) is 1. The Morgan fingerprint density at radius 1 is 1.25 bits per heavy atom. The summed E-state index contributed by atoms with van der Waals surface area (Å²) in [5, 5.41) is 2.98. The van der Waals surface area contributed by atoms with E-state index < -0.39 is 0 Å². The van der Waals surface area contributed by atoms with E-state index in [9.17, 15) is 14.0 Å². The lowest BCUT2D eigenvalue weighted by Gasteiger charge is -2.14. The van der Waals surface area contributed by atoms with E-state index in [0.717, 1.165) is 23.3 Å². The lowest BCUT2D eigenvalue weighted by molar-refractivity contribution is -0.122. The number of fused-ring (bicyclic) bond motifs is 1. The number of amides is 1. The van der Waals surface area contributed by atoms with E-state index in [2.05, 4.69) is 5.32 Å². The molecule has 2 heterocycles. The van der Waals surface area contributed by atoms with Gasteiger partial charge in [0.1, 0.15) is 17.7 Å². The molecule has 1 aliphatic carbocycles. The average molecular weight is 402 g/mol. The summed E-state index contributed by atoms with van der Waals surface area (Å²) in [6.45, 7) is 1.94. The minimum absolute atomic E-state index is 0.00642. The lowest BCUT2D eigenvalue weighted by atomic mass is 10.0. The van der Waals surface area contributed by atoms with Crippen LogP contribution in [0.4, 0.5) is 4.39 Å². The van der Waals surface area contributed by atoms with Crippen LogP contribution in [0.25, 0.3) is 10.4 Å². The predicted octanol–water partition coefficient (Wildman–Crippen LogP) is 4.76. The van der Waals surface area contributed by atoms with E-state index in [1.165, 1.54) is 43.2 Å². The Bertz CT molecular complexity index is 901. The molecular weight excluding hydrogens is 377 g/mol. The normalized spacial score (nSPS) is 18.7. The number of ketones is 1. The van der Waals surface area contributed by atoms with Crippen molar-refractivity contribution in [2.75, 3.05) is 6.54 Å². The van der Waals surface area contributed by atoms with Crippen molar-refractivity contribution < 1.29 is 18.7 Å². The first-order valence-electron chi connectivity index (χ1n) is 9.86. The van der Waals surface area contributed by atoms with Gasteiger partial charge < -0.3 is 10.1 Å². The maximum absolute atomic E-state index is 14.2. The standard InChI is InChI=1S/C22H24FNO3S/c1-13(25)19-6-7-20(28-19)18-11-16(23)9-15-10-17(27-22(15)18)12-24-21(26)8-14-4-2-3-5-14/h6-7,9,11,14,17H,2-5,8,10,12H2,1H3,(H,24,26). The molecule has 1 unspecified atom stereocenters. The van der Waals surface area contributed by atoms with Crippen molar-refractivity contribution in [2.45, 2.75) is 51.6 Å². The number of rotatable bonds is 6. The molecule has 2 aliphatic rings. The highest BCUT2D eigenvalue weighted by Crippen LogP contribution is 2.42. The third kappa shape index (κ3) is 4.12. The minimum atomic E-state index is -0.318. The zero-order valence-electron chi connectivity index (χ0n) is 15.9. The molecule has 28 heavy (non-hydrogen) atoms. The molecular formula is C22H24FNO3S. The van der Waals surface area contributed by atoms with Crippen LogP contribution in [0.5, 0.6) is 5.75 Å². The van der Waals surface area contributed by atoms with Gasteiger partial charge in [-0.05, 0) is 49.9 Å². The van der Waals surface area contributed by atoms with E-state index in [1.807, 2.05) is 6.07 Å². The van der Waals surface area contributed by atoms with Crippen LogP contribution in [-0.4, -0.2) is 24.3 Å². The van der Waals surface area contributed by atoms with Crippen molar-refractivity contribution in [3.8, 4) is 16.2 Å². The smallest absolute Gasteiger partial charge is 0.220 e. The molecule has 0 saturated heterocycles. The van der Waals surface area contributed by atoms with E-state index in [4.69, 9.17) is 4.74 Å². The summed E-state index contributed by atoms with van der Waals surface area (Å²) in [5.74, 6) is 0.918. The van der Waals surface area contributed by atoms with Crippen molar-refractivity contribution in [3.63, 3.8) is 0 Å². The Morgan fingerprint density at radius 3 is 2.75 bits per heavy atom. The van der Waals surface area contributed by atoms with Crippen molar-refractivity contribution in [3.05, 3.63) is 40.5 Å². The first-order valence-corrected chi connectivity index (χ1v) is 10.7. The van der Waals surface area contributed by atoms with Crippen LogP contribution in [0, 0.1) is 11.7 Å². The molecule has 2 aromatic rings. The quantitative estimate of drug-likeness (QED) is 0.710. The number of carbonyl (C=O) groups is 2. The second kappa shape index (κ2) is 8.03. The van der Waals surface area contributed by atoms with Crippen LogP contribution >= 0.6 is 11.3 Å². The number of halogens is 1. The lowest BCUT2D eigenvalue weighted by Crippen LogP contribution is -2.35. The second-order valence-corrected chi connectivity index (χ2v) is 8.85. The van der Waals surface area contributed by atoms with Gasteiger partial charge in [0.15, 0.2) is 5.78 Å². The molecule has 1 amide bonds. The van der Waals surface area contributed by atoms with Crippen molar-refractivity contribution in [1.82, 2.24) is 5.32 Å². The van der Waals surface area contributed by atoms with Crippen molar-refractivity contribution in [1.29, 1.82) is 0 Å². The number of carbonyl (C=O) groups excluding carboxylic acids is 2. The van der Waals surface area contributed by atoms with Crippen LogP contribution in [0.15, 0.2) is 24.3 Å². The maximum atomic E-state index is 14.2. The van der Waals surface area contributed by atoms with Crippen LogP contribution < -0.4 is 10.1 Å². The van der Waals surface area contributed by atoms with Gasteiger partial charge in [0.2, 0.25) is 5.91 Å². The van der Waals surface area contributed by atoms with E-state index in [0.29, 0.717) is 41.5 Å². The molecule has 4 nitrogen and oxygen atoms in total. The molecule has 1 aliphatic heterocycles. The van der Waals surface area contributed by atoms with Gasteiger partial charge in [-0.2, -0.15) is 0 Å². The highest BCUT2D eigenvalue weighted by molar-refractivity contribution is 7.17. The fourth-order valence-corrected chi connectivity index (χ4v) is 5.05. The number of ether oxygens (including phenoxy) is 1. The third-order valence-electron chi connectivity index (χ3n) is 5.56. The molecule has 0 radical (unpaired) electrons. The van der Waals surface area contributed by atoms with Gasteiger partial charge in [-0.15, -0.1) is 11.3 Å². The molecule has 1 saturated carbocycles. The Hall–Kier alpha value is -2.21. The van der Waals surface area contributed by atoms with E-state index in [1.54, 1.807) is 6.07 Å². The van der Waals surface area contributed by atoms with Crippen LogP contribution in [0.2, 0.25) is 0 Å². The largest absolute Gasteiger partial charge is 0.487 e. The van der Waals surface area contributed by atoms with Crippen molar-refractivity contribution >= 4 is 23.0 Å². The summed E-state index contributed by atoms with van der Waals surface area (Å²) in [7, 11) is 0. The molecule has 148 valence electrons. The number of Topliss-reactive ketones (excluding diaryl/α,β-unsaturated/α-hetero) is 1. The predicted molar refractivity (Wildman–Crippen MR) is 107 cm³/mol. The van der Waals surface area contributed by atoms with Crippen LogP contribution in [0.1, 0.15) is 54.3 Å². The monoisotopic (exact) mass is 401 g/mol. The van der Waals surface area contributed by atoms with E-state index in [-0.39, 0.29) is 23.6 Å². The number of benzene rings is 1. The Balaban J connectivity index is 1.43. The van der Waals surface area contributed by atoms with Crippen molar-refractivity contribution in [2.24, 2.45) is 5.92 Å². The van der Waals surface area contributed by atoms with Gasteiger partial charge in [0.05, 0.1) is 11.4 Å².